The maximum atomic E-state index is 5.66. The average molecular weight is 351 g/mol. The Morgan fingerprint density at radius 3 is 2.73 bits per heavy atom. The summed E-state index contributed by atoms with van der Waals surface area (Å²) in [6.07, 6.45) is 1.81. The van der Waals surface area contributed by atoms with E-state index in [1.807, 2.05) is 18.2 Å². The molecule has 0 saturated carbocycles. The summed E-state index contributed by atoms with van der Waals surface area (Å²) in [7, 11) is 0. The van der Waals surface area contributed by atoms with Crippen molar-refractivity contribution in [3.05, 3.63) is 39.0 Å². The molecule has 0 unspecified atom stereocenters. The van der Waals surface area contributed by atoms with Crippen LogP contribution >= 0.6 is 43.5 Å². The molecule has 0 atom stereocenters. The van der Waals surface area contributed by atoms with Gasteiger partial charge in [0.05, 0.1) is 23.5 Å². The normalized spacial score (nSPS) is 10.6. The zero-order valence-electron chi connectivity index (χ0n) is 7.49. The summed E-state index contributed by atoms with van der Waals surface area (Å²) in [5.74, 6) is 0.369. The number of hydrogen-bond acceptors (Lipinski definition) is 2. The largest absolute Gasteiger partial charge is 0.219 e. The van der Waals surface area contributed by atoms with Gasteiger partial charge in [-0.1, -0.05) is 21.1 Å². The summed E-state index contributed by atoms with van der Waals surface area (Å²) in [5, 5.41) is 7.91. The maximum absolute atomic E-state index is 5.66. The molecule has 0 bridgehead atoms. The Kier molecular flexibility index (Phi) is 3.43. The summed E-state index contributed by atoms with van der Waals surface area (Å²) < 4.78 is 3.65. The van der Waals surface area contributed by atoms with Crippen LogP contribution in [0.5, 0.6) is 0 Å². The van der Waals surface area contributed by atoms with Gasteiger partial charge in [0.15, 0.2) is 0 Å². The molecule has 0 radical (unpaired) electrons. The Bertz CT molecular complexity index is 484. The van der Waals surface area contributed by atoms with Crippen LogP contribution in [0.2, 0.25) is 0 Å². The fraction of sp³-hybridized carbons (Fsp3) is 0.111. The van der Waals surface area contributed by atoms with Gasteiger partial charge in [0, 0.05) is 8.95 Å². The molecule has 1 aromatic carbocycles. The monoisotopic (exact) mass is 349 g/mol. The quantitative estimate of drug-likeness (QED) is 0.775. The second-order valence-electron chi connectivity index (χ2n) is 2.88. The minimum absolute atomic E-state index is 0.369. The van der Waals surface area contributed by atoms with Crippen molar-refractivity contribution >= 4 is 43.5 Å². The van der Waals surface area contributed by atoms with Gasteiger partial charge in [-0.2, -0.15) is 0 Å². The topological polar surface area (TPSA) is 30.7 Å². The Balaban J connectivity index is 2.44. The number of rotatable bonds is 2. The molecule has 0 fully saturated rings. The molecule has 0 amide bonds. The van der Waals surface area contributed by atoms with Gasteiger partial charge >= 0.3 is 0 Å². The highest BCUT2D eigenvalue weighted by Crippen LogP contribution is 2.24. The molecule has 0 aliphatic heterocycles. The molecule has 0 saturated heterocycles. The minimum atomic E-state index is 0.369. The molecular weight excluding hydrogens is 345 g/mol. The molecule has 1 aromatic heterocycles. The van der Waals surface area contributed by atoms with Crippen molar-refractivity contribution in [1.29, 1.82) is 0 Å². The summed E-state index contributed by atoms with van der Waals surface area (Å²) in [6.45, 7) is 0. The van der Waals surface area contributed by atoms with E-state index >= 15 is 0 Å². The predicted octanol–water partition coefficient (Wildman–Crippen LogP) is 3.53. The molecular formula is C9H6Br2ClN3. The molecule has 2 aromatic rings. The molecule has 15 heavy (non-hydrogen) atoms. The first-order valence-corrected chi connectivity index (χ1v) is 6.25. The average Bonchev–Trinajstić information content (AvgIpc) is 2.66. The standard InChI is InChI=1S/C9H6Br2ClN3/c10-6-1-2-9(8(11)3-6)15-5-7(4-12)13-14-15/h1-3,5H,4H2. The van der Waals surface area contributed by atoms with Gasteiger partial charge in [-0.15, -0.1) is 16.7 Å². The number of alkyl halides is 1. The lowest BCUT2D eigenvalue weighted by Gasteiger charge is -2.03. The molecule has 0 spiro atoms. The van der Waals surface area contributed by atoms with Crippen LogP contribution in [0.25, 0.3) is 5.69 Å². The summed E-state index contributed by atoms with van der Waals surface area (Å²) in [6, 6.07) is 5.85. The third kappa shape index (κ3) is 2.41. The zero-order chi connectivity index (χ0) is 10.8. The van der Waals surface area contributed by atoms with Crippen LogP contribution in [0.4, 0.5) is 0 Å². The van der Waals surface area contributed by atoms with Crippen molar-refractivity contribution in [2.75, 3.05) is 0 Å². The molecule has 3 nitrogen and oxygen atoms in total. The second kappa shape index (κ2) is 4.63. The molecule has 0 aliphatic rings. The van der Waals surface area contributed by atoms with Crippen molar-refractivity contribution in [2.45, 2.75) is 5.88 Å². The summed E-state index contributed by atoms with van der Waals surface area (Å²) >= 11 is 12.5. The van der Waals surface area contributed by atoms with Gasteiger partial charge in [0.2, 0.25) is 0 Å². The smallest absolute Gasteiger partial charge is 0.0979 e. The highest BCUT2D eigenvalue weighted by atomic mass is 79.9. The molecule has 1 heterocycles. The van der Waals surface area contributed by atoms with Gasteiger partial charge < -0.3 is 0 Å². The predicted molar refractivity (Wildman–Crippen MR) is 66.3 cm³/mol. The van der Waals surface area contributed by atoms with E-state index in [9.17, 15) is 0 Å². The molecule has 78 valence electrons. The first-order valence-electron chi connectivity index (χ1n) is 4.13. The van der Waals surface area contributed by atoms with Crippen LogP contribution in [-0.2, 0) is 5.88 Å². The Hall–Kier alpha value is -0.390. The SMILES string of the molecule is ClCc1cn(-c2ccc(Br)cc2Br)nn1. The van der Waals surface area contributed by atoms with Crippen molar-refractivity contribution in [3.8, 4) is 5.69 Å². The van der Waals surface area contributed by atoms with Crippen LogP contribution in [0.15, 0.2) is 33.3 Å². The third-order valence-corrected chi connectivity index (χ3v) is 3.24. The molecule has 0 N–H and O–H groups in total. The van der Waals surface area contributed by atoms with Crippen LogP contribution < -0.4 is 0 Å². The van der Waals surface area contributed by atoms with Gasteiger partial charge in [-0.05, 0) is 34.1 Å². The van der Waals surface area contributed by atoms with Gasteiger partial charge in [0.1, 0.15) is 0 Å². The number of nitrogens with zero attached hydrogens (tertiary/aromatic N) is 3. The van der Waals surface area contributed by atoms with Gasteiger partial charge in [-0.3, -0.25) is 0 Å². The molecule has 0 aliphatic carbocycles. The highest BCUT2D eigenvalue weighted by Gasteiger charge is 2.05. The fourth-order valence-corrected chi connectivity index (χ4v) is 2.50. The lowest BCUT2D eigenvalue weighted by molar-refractivity contribution is 0.797. The lowest BCUT2D eigenvalue weighted by atomic mass is 10.3. The summed E-state index contributed by atoms with van der Waals surface area (Å²) in [5.41, 5.74) is 1.69. The first kappa shape index (κ1) is 11.1. The Morgan fingerprint density at radius 1 is 1.33 bits per heavy atom. The van der Waals surface area contributed by atoms with E-state index < -0.39 is 0 Å². The van der Waals surface area contributed by atoms with Gasteiger partial charge in [-0.25, -0.2) is 4.68 Å². The number of hydrogen-bond donors (Lipinski definition) is 0. The van der Waals surface area contributed by atoms with E-state index in [2.05, 4.69) is 42.2 Å². The number of halogens is 3. The van der Waals surface area contributed by atoms with Crippen molar-refractivity contribution < 1.29 is 0 Å². The van der Waals surface area contributed by atoms with E-state index in [4.69, 9.17) is 11.6 Å². The third-order valence-electron chi connectivity index (χ3n) is 1.83. The van der Waals surface area contributed by atoms with Gasteiger partial charge in [0.25, 0.3) is 0 Å². The van der Waals surface area contributed by atoms with Crippen LogP contribution in [0.1, 0.15) is 5.69 Å². The number of aromatic nitrogens is 3. The van der Waals surface area contributed by atoms with Crippen LogP contribution in [-0.4, -0.2) is 15.0 Å². The Morgan fingerprint density at radius 2 is 2.13 bits per heavy atom. The van der Waals surface area contributed by atoms with E-state index in [1.54, 1.807) is 10.9 Å². The van der Waals surface area contributed by atoms with Crippen LogP contribution in [0.3, 0.4) is 0 Å². The van der Waals surface area contributed by atoms with Crippen molar-refractivity contribution in [3.63, 3.8) is 0 Å². The molecule has 2 rings (SSSR count). The highest BCUT2D eigenvalue weighted by molar-refractivity contribution is 9.11. The van der Waals surface area contributed by atoms with E-state index in [1.165, 1.54) is 0 Å². The fourth-order valence-electron chi connectivity index (χ4n) is 1.14. The van der Waals surface area contributed by atoms with Crippen molar-refractivity contribution in [2.24, 2.45) is 0 Å². The summed E-state index contributed by atoms with van der Waals surface area (Å²) in [4.78, 5) is 0. The van der Waals surface area contributed by atoms with E-state index in [0.29, 0.717) is 5.88 Å². The minimum Gasteiger partial charge on any atom is -0.219 e. The zero-order valence-corrected chi connectivity index (χ0v) is 11.4. The van der Waals surface area contributed by atoms with E-state index in [-0.39, 0.29) is 0 Å². The van der Waals surface area contributed by atoms with Crippen LogP contribution in [0, 0.1) is 0 Å². The lowest BCUT2D eigenvalue weighted by Crippen LogP contribution is -1.95. The van der Waals surface area contributed by atoms with E-state index in [0.717, 1.165) is 20.3 Å². The first-order chi connectivity index (χ1) is 7.20. The second-order valence-corrected chi connectivity index (χ2v) is 4.92. The molecule has 6 heteroatoms. The maximum Gasteiger partial charge on any atom is 0.0979 e. The van der Waals surface area contributed by atoms with Crippen molar-refractivity contribution in [1.82, 2.24) is 15.0 Å². The Labute approximate surface area is 109 Å². The number of benzene rings is 1.